The molecule has 2 rings (SSSR count). The van der Waals surface area contributed by atoms with Gasteiger partial charge in [-0.3, -0.25) is 0 Å². The Balaban J connectivity index is 2.48. The Labute approximate surface area is 125 Å². The molecule has 2 aromatic rings. The van der Waals surface area contributed by atoms with Crippen LogP contribution >= 0.6 is 22.6 Å². The summed E-state index contributed by atoms with van der Waals surface area (Å²) in [7, 11) is 0. The van der Waals surface area contributed by atoms with Gasteiger partial charge in [0, 0.05) is 12.7 Å². The van der Waals surface area contributed by atoms with E-state index in [0.717, 1.165) is 0 Å². The predicted octanol–water partition coefficient (Wildman–Crippen LogP) is 3.18. The number of hydrogen-bond acceptors (Lipinski definition) is 3. The maximum atomic E-state index is 13.7. The SMILES string of the molecule is CCOC(C)(C)Cn1c(N)nc2cc(I)c(F)cc21. The van der Waals surface area contributed by atoms with Crippen LogP contribution in [0.15, 0.2) is 12.1 Å². The number of aromatic nitrogens is 2. The summed E-state index contributed by atoms with van der Waals surface area (Å²) >= 11 is 1.95. The van der Waals surface area contributed by atoms with E-state index < -0.39 is 0 Å². The van der Waals surface area contributed by atoms with E-state index >= 15 is 0 Å². The summed E-state index contributed by atoms with van der Waals surface area (Å²) in [6.45, 7) is 7.05. The van der Waals surface area contributed by atoms with E-state index in [4.69, 9.17) is 10.5 Å². The van der Waals surface area contributed by atoms with Crippen molar-refractivity contribution in [3.05, 3.63) is 21.5 Å². The third-order valence-corrected chi connectivity index (χ3v) is 3.72. The van der Waals surface area contributed by atoms with Gasteiger partial charge in [-0.05, 0) is 49.4 Å². The smallest absolute Gasteiger partial charge is 0.201 e. The zero-order valence-corrected chi connectivity index (χ0v) is 13.4. The lowest BCUT2D eigenvalue weighted by Gasteiger charge is -2.25. The summed E-state index contributed by atoms with van der Waals surface area (Å²) in [6, 6.07) is 3.17. The standard InChI is InChI=1S/C13H17FIN3O/c1-4-19-13(2,3)7-18-11-5-8(14)9(15)6-10(11)17-12(18)16/h5-6H,4,7H2,1-3H3,(H2,16,17). The molecule has 1 aromatic carbocycles. The van der Waals surface area contributed by atoms with Gasteiger partial charge in [0.1, 0.15) is 5.82 Å². The number of rotatable bonds is 4. The quantitative estimate of drug-likeness (QED) is 0.833. The maximum Gasteiger partial charge on any atom is 0.201 e. The highest BCUT2D eigenvalue weighted by molar-refractivity contribution is 14.1. The van der Waals surface area contributed by atoms with Crippen molar-refractivity contribution in [2.75, 3.05) is 12.3 Å². The summed E-state index contributed by atoms with van der Waals surface area (Å²) in [5.74, 6) is 0.118. The molecule has 19 heavy (non-hydrogen) atoms. The van der Waals surface area contributed by atoms with Gasteiger partial charge in [0.05, 0.1) is 26.7 Å². The average molecular weight is 377 g/mol. The highest BCUT2D eigenvalue weighted by Gasteiger charge is 2.22. The molecule has 0 saturated carbocycles. The van der Waals surface area contributed by atoms with E-state index in [9.17, 15) is 4.39 Å². The Kier molecular flexibility index (Phi) is 4.00. The first-order chi connectivity index (χ1) is 8.84. The van der Waals surface area contributed by atoms with Gasteiger partial charge in [-0.25, -0.2) is 9.37 Å². The molecule has 0 radical (unpaired) electrons. The lowest BCUT2D eigenvalue weighted by molar-refractivity contribution is -0.0212. The normalized spacial score (nSPS) is 12.3. The number of nitrogens with zero attached hydrogens (tertiary/aromatic N) is 2. The molecular weight excluding hydrogens is 360 g/mol. The Morgan fingerprint density at radius 1 is 1.47 bits per heavy atom. The number of anilines is 1. The van der Waals surface area contributed by atoms with Gasteiger partial charge in [-0.15, -0.1) is 0 Å². The van der Waals surface area contributed by atoms with E-state index in [0.29, 0.717) is 33.7 Å². The minimum Gasteiger partial charge on any atom is -0.374 e. The van der Waals surface area contributed by atoms with Crippen LogP contribution in [0.5, 0.6) is 0 Å². The van der Waals surface area contributed by atoms with Crippen LogP contribution in [0.1, 0.15) is 20.8 Å². The first kappa shape index (κ1) is 14.5. The highest BCUT2D eigenvalue weighted by Crippen LogP contribution is 2.25. The number of hydrogen-bond donors (Lipinski definition) is 1. The average Bonchev–Trinajstić information content (AvgIpc) is 2.56. The first-order valence-corrected chi connectivity index (χ1v) is 7.16. The van der Waals surface area contributed by atoms with Crippen molar-refractivity contribution in [3.8, 4) is 0 Å². The molecule has 0 aliphatic carbocycles. The van der Waals surface area contributed by atoms with Crippen molar-refractivity contribution in [2.24, 2.45) is 0 Å². The number of nitrogen functional groups attached to an aromatic ring is 1. The molecule has 104 valence electrons. The zero-order chi connectivity index (χ0) is 14.2. The van der Waals surface area contributed by atoms with Crippen LogP contribution in [-0.4, -0.2) is 21.8 Å². The van der Waals surface area contributed by atoms with E-state index in [1.165, 1.54) is 6.07 Å². The van der Waals surface area contributed by atoms with Gasteiger partial charge in [0.15, 0.2) is 0 Å². The van der Waals surface area contributed by atoms with Gasteiger partial charge in [0.2, 0.25) is 5.95 Å². The van der Waals surface area contributed by atoms with Crippen molar-refractivity contribution < 1.29 is 9.13 Å². The van der Waals surface area contributed by atoms with Gasteiger partial charge >= 0.3 is 0 Å². The summed E-state index contributed by atoms with van der Waals surface area (Å²) in [4.78, 5) is 4.27. The molecule has 0 fully saturated rings. The van der Waals surface area contributed by atoms with Crippen LogP contribution in [0.4, 0.5) is 10.3 Å². The molecule has 2 N–H and O–H groups in total. The lowest BCUT2D eigenvalue weighted by Crippen LogP contribution is -2.31. The van der Waals surface area contributed by atoms with Crippen molar-refractivity contribution in [2.45, 2.75) is 32.9 Å². The van der Waals surface area contributed by atoms with Crippen LogP contribution in [0, 0.1) is 9.39 Å². The predicted molar refractivity (Wildman–Crippen MR) is 82.5 cm³/mol. The number of fused-ring (bicyclic) bond motifs is 1. The molecule has 4 nitrogen and oxygen atoms in total. The van der Waals surface area contributed by atoms with E-state index in [-0.39, 0.29) is 11.4 Å². The second-order valence-electron chi connectivity index (χ2n) is 5.00. The lowest BCUT2D eigenvalue weighted by atomic mass is 10.1. The molecule has 0 aliphatic heterocycles. The molecule has 0 saturated heterocycles. The molecule has 0 amide bonds. The molecular formula is C13H17FIN3O. The maximum absolute atomic E-state index is 13.7. The van der Waals surface area contributed by atoms with Gasteiger partial charge in [-0.2, -0.15) is 0 Å². The minimum atomic E-state index is -0.379. The third kappa shape index (κ3) is 3.00. The van der Waals surface area contributed by atoms with Crippen LogP contribution < -0.4 is 5.73 Å². The molecule has 6 heteroatoms. The second-order valence-corrected chi connectivity index (χ2v) is 6.17. The van der Waals surface area contributed by atoms with Crippen molar-refractivity contribution in [3.63, 3.8) is 0 Å². The van der Waals surface area contributed by atoms with Crippen LogP contribution in [0.3, 0.4) is 0 Å². The Morgan fingerprint density at radius 3 is 2.79 bits per heavy atom. The van der Waals surface area contributed by atoms with Crippen LogP contribution in [-0.2, 0) is 11.3 Å². The van der Waals surface area contributed by atoms with E-state index in [2.05, 4.69) is 4.98 Å². The Hall–Kier alpha value is -0.890. The van der Waals surface area contributed by atoms with Crippen molar-refractivity contribution in [1.82, 2.24) is 9.55 Å². The number of nitrogens with two attached hydrogens (primary N) is 1. The fraction of sp³-hybridized carbons (Fsp3) is 0.462. The first-order valence-electron chi connectivity index (χ1n) is 6.09. The van der Waals surface area contributed by atoms with Gasteiger partial charge in [0.25, 0.3) is 0 Å². The molecule has 0 spiro atoms. The Bertz CT molecular complexity index is 609. The van der Waals surface area contributed by atoms with Gasteiger partial charge < -0.3 is 15.0 Å². The van der Waals surface area contributed by atoms with E-state index in [1.54, 1.807) is 10.6 Å². The number of ether oxygens (including phenoxy) is 1. The molecule has 0 bridgehead atoms. The second kappa shape index (κ2) is 5.24. The molecule has 1 aromatic heterocycles. The van der Waals surface area contributed by atoms with Crippen molar-refractivity contribution in [1.29, 1.82) is 0 Å². The third-order valence-electron chi connectivity index (χ3n) is 2.89. The Morgan fingerprint density at radius 2 is 2.16 bits per heavy atom. The number of benzene rings is 1. The number of imidazole rings is 1. The largest absolute Gasteiger partial charge is 0.374 e. The molecule has 1 heterocycles. The van der Waals surface area contributed by atoms with E-state index in [1.807, 2.05) is 43.4 Å². The monoisotopic (exact) mass is 377 g/mol. The van der Waals surface area contributed by atoms with Crippen LogP contribution in [0.2, 0.25) is 0 Å². The summed E-state index contributed by atoms with van der Waals surface area (Å²) in [5, 5.41) is 0. The molecule has 0 atom stereocenters. The summed E-state index contributed by atoms with van der Waals surface area (Å²) in [6.07, 6.45) is 0. The fourth-order valence-corrected chi connectivity index (χ4v) is 2.57. The number of halogens is 2. The zero-order valence-electron chi connectivity index (χ0n) is 11.2. The minimum absolute atomic E-state index is 0.261. The molecule has 0 aliphatic rings. The summed E-state index contributed by atoms with van der Waals surface area (Å²) in [5.41, 5.74) is 6.95. The summed E-state index contributed by atoms with van der Waals surface area (Å²) < 4.78 is 21.7. The van der Waals surface area contributed by atoms with Crippen LogP contribution in [0.25, 0.3) is 11.0 Å². The fourth-order valence-electron chi connectivity index (χ4n) is 2.12. The molecule has 0 unspecified atom stereocenters. The van der Waals surface area contributed by atoms with Crippen molar-refractivity contribution >= 4 is 39.6 Å². The van der Waals surface area contributed by atoms with Gasteiger partial charge in [-0.1, -0.05) is 0 Å². The highest BCUT2D eigenvalue weighted by atomic mass is 127. The topological polar surface area (TPSA) is 53.1 Å².